The highest BCUT2D eigenvalue weighted by Crippen LogP contribution is 2.24. The molecule has 30 heavy (non-hydrogen) atoms. The van der Waals surface area contributed by atoms with E-state index in [0.717, 1.165) is 38.7 Å². The third kappa shape index (κ3) is 4.26. The van der Waals surface area contributed by atoms with Crippen LogP contribution in [0.2, 0.25) is 0 Å². The molecule has 1 N–H and O–H groups in total. The molecule has 0 atom stereocenters. The van der Waals surface area contributed by atoms with E-state index in [-0.39, 0.29) is 5.69 Å². The number of nitrogens with zero attached hydrogens (tertiary/aromatic N) is 7. The minimum atomic E-state index is -0.476. The number of hydrogen-bond acceptors (Lipinski definition) is 9. The predicted molar refractivity (Wildman–Crippen MR) is 112 cm³/mol. The average Bonchev–Trinajstić information content (AvgIpc) is 2.79. The minimum absolute atomic E-state index is 0.0541. The zero-order valence-corrected chi connectivity index (χ0v) is 16.2. The molecule has 3 aromatic rings. The second-order valence-electron chi connectivity index (χ2n) is 6.93. The van der Waals surface area contributed by atoms with Crippen LogP contribution in [0.4, 0.5) is 17.5 Å². The summed E-state index contributed by atoms with van der Waals surface area (Å²) in [6, 6.07) is 9.91. The Labute approximate surface area is 172 Å². The first-order valence-electron chi connectivity index (χ1n) is 9.61. The maximum Gasteiger partial charge on any atom is 0.270 e. The molecule has 0 unspecified atom stereocenters. The van der Waals surface area contributed by atoms with E-state index < -0.39 is 4.92 Å². The van der Waals surface area contributed by atoms with Crippen LogP contribution in [0.1, 0.15) is 5.56 Å². The molecule has 3 heterocycles. The van der Waals surface area contributed by atoms with Gasteiger partial charge in [0.05, 0.1) is 22.1 Å². The van der Waals surface area contributed by atoms with Crippen molar-refractivity contribution in [2.24, 2.45) is 0 Å². The molecule has 0 amide bonds. The average molecular weight is 404 g/mol. The molecule has 1 aromatic carbocycles. The van der Waals surface area contributed by atoms with Gasteiger partial charge < -0.3 is 10.2 Å². The molecule has 10 nitrogen and oxygen atoms in total. The van der Waals surface area contributed by atoms with Crippen molar-refractivity contribution >= 4 is 28.4 Å². The molecular weight excluding hydrogens is 384 g/mol. The fourth-order valence-corrected chi connectivity index (χ4v) is 3.48. The lowest BCUT2D eigenvalue weighted by molar-refractivity contribution is -0.384. The molecule has 10 heteroatoms. The van der Waals surface area contributed by atoms with E-state index in [2.05, 4.69) is 36.1 Å². The molecule has 0 saturated carbocycles. The lowest BCUT2D eigenvalue weighted by atomic mass is 10.1. The fraction of sp³-hybridized carbons (Fsp3) is 0.300. The van der Waals surface area contributed by atoms with E-state index in [1.54, 1.807) is 24.5 Å². The number of hydrogen-bond donors (Lipinski definition) is 1. The van der Waals surface area contributed by atoms with Crippen molar-refractivity contribution in [2.75, 3.05) is 49.5 Å². The van der Waals surface area contributed by atoms with Crippen molar-refractivity contribution in [3.05, 3.63) is 58.4 Å². The van der Waals surface area contributed by atoms with Gasteiger partial charge in [0, 0.05) is 69.2 Å². The Balaban J connectivity index is 1.35. The summed E-state index contributed by atoms with van der Waals surface area (Å²) in [6.07, 6.45) is 3.51. The number of fused-ring (bicyclic) bond motifs is 1. The van der Waals surface area contributed by atoms with Crippen LogP contribution in [-0.4, -0.2) is 64.0 Å². The maximum atomic E-state index is 11.0. The summed E-state index contributed by atoms with van der Waals surface area (Å²) in [5.74, 6) is 1.35. The minimum Gasteiger partial charge on any atom is -0.369 e. The van der Waals surface area contributed by atoms with Gasteiger partial charge in [0.15, 0.2) is 0 Å². The molecule has 1 aliphatic heterocycles. The quantitative estimate of drug-likeness (QED) is 0.485. The molecule has 0 spiro atoms. The highest BCUT2D eigenvalue weighted by atomic mass is 16.6. The molecule has 0 radical (unpaired) electrons. The summed E-state index contributed by atoms with van der Waals surface area (Å²) in [5.41, 5.74) is 0.864. The number of benzene rings is 1. The normalized spacial score (nSPS) is 14.4. The second-order valence-corrected chi connectivity index (χ2v) is 6.93. The Morgan fingerprint density at radius 3 is 2.63 bits per heavy atom. The summed E-state index contributed by atoms with van der Waals surface area (Å²) >= 11 is 0. The number of nitrogens with one attached hydrogen (secondary N) is 1. The van der Waals surface area contributed by atoms with E-state index in [4.69, 9.17) is 0 Å². The van der Waals surface area contributed by atoms with E-state index in [1.807, 2.05) is 6.07 Å². The number of anilines is 2. The first-order chi connectivity index (χ1) is 14.6. The van der Waals surface area contributed by atoms with Crippen LogP contribution in [0, 0.1) is 21.4 Å². The Kier molecular flexibility index (Phi) is 5.63. The van der Waals surface area contributed by atoms with E-state index in [0.29, 0.717) is 28.8 Å². The van der Waals surface area contributed by atoms with Crippen LogP contribution in [-0.2, 0) is 0 Å². The third-order valence-electron chi connectivity index (χ3n) is 5.06. The second kappa shape index (κ2) is 8.67. The molecule has 1 fully saturated rings. The molecule has 152 valence electrons. The van der Waals surface area contributed by atoms with E-state index in [1.165, 1.54) is 12.1 Å². The van der Waals surface area contributed by atoms with Crippen LogP contribution in [0.3, 0.4) is 0 Å². The highest BCUT2D eigenvalue weighted by Gasteiger charge is 2.18. The number of rotatable bonds is 6. The molecule has 0 aliphatic carbocycles. The van der Waals surface area contributed by atoms with Gasteiger partial charge in [0.25, 0.3) is 5.69 Å². The molecule has 1 saturated heterocycles. The Morgan fingerprint density at radius 1 is 1.17 bits per heavy atom. The Morgan fingerprint density at radius 2 is 1.93 bits per heavy atom. The van der Waals surface area contributed by atoms with Gasteiger partial charge in [-0.05, 0) is 18.2 Å². The van der Waals surface area contributed by atoms with Gasteiger partial charge in [-0.1, -0.05) is 0 Å². The monoisotopic (exact) mass is 404 g/mol. The maximum absolute atomic E-state index is 11.0. The zero-order chi connectivity index (χ0) is 20.9. The largest absolute Gasteiger partial charge is 0.369 e. The number of nitriles is 1. The number of non-ortho nitro benzene ring substituents is 1. The van der Waals surface area contributed by atoms with Gasteiger partial charge >= 0.3 is 0 Å². The fourth-order valence-electron chi connectivity index (χ4n) is 3.48. The zero-order valence-electron chi connectivity index (χ0n) is 16.2. The SMILES string of the molecule is N#Cc1cc(NCCN2CCN(c3ncccn3)CC2)nc2ccc([N+](=O)[O-])cc12. The standard InChI is InChI=1S/C20H20N8O2/c21-14-15-12-19(25-18-3-2-16(28(29)30)13-17(15)18)22-6-7-26-8-10-27(11-9-26)20-23-4-1-5-24-20/h1-5,12-13H,6-11H2,(H,22,25). The van der Waals surface area contributed by atoms with E-state index >= 15 is 0 Å². The highest BCUT2D eigenvalue weighted by molar-refractivity contribution is 5.88. The van der Waals surface area contributed by atoms with Crippen molar-refractivity contribution in [2.45, 2.75) is 0 Å². The Hall–Kier alpha value is -3.84. The molecular formula is C20H20N8O2. The van der Waals surface area contributed by atoms with Crippen LogP contribution < -0.4 is 10.2 Å². The predicted octanol–water partition coefficient (Wildman–Crippen LogP) is 2.04. The summed E-state index contributed by atoms with van der Waals surface area (Å²) in [5, 5.41) is 24.2. The van der Waals surface area contributed by atoms with Crippen molar-refractivity contribution in [3.63, 3.8) is 0 Å². The van der Waals surface area contributed by atoms with Gasteiger partial charge in [0.2, 0.25) is 5.95 Å². The smallest absolute Gasteiger partial charge is 0.270 e. The van der Waals surface area contributed by atoms with Crippen molar-refractivity contribution in [3.8, 4) is 6.07 Å². The summed E-state index contributed by atoms with van der Waals surface area (Å²) < 4.78 is 0. The lowest BCUT2D eigenvalue weighted by Crippen LogP contribution is -2.48. The van der Waals surface area contributed by atoms with Crippen molar-refractivity contribution < 1.29 is 4.92 Å². The van der Waals surface area contributed by atoms with Gasteiger partial charge in [-0.15, -0.1) is 0 Å². The van der Waals surface area contributed by atoms with Crippen molar-refractivity contribution in [1.82, 2.24) is 19.9 Å². The summed E-state index contributed by atoms with van der Waals surface area (Å²) in [7, 11) is 0. The number of pyridine rings is 1. The molecule has 2 aromatic heterocycles. The van der Waals surface area contributed by atoms with Gasteiger partial charge in [0.1, 0.15) is 5.82 Å². The van der Waals surface area contributed by atoms with Crippen LogP contribution in [0.15, 0.2) is 42.7 Å². The first-order valence-corrected chi connectivity index (χ1v) is 9.61. The first kappa shape index (κ1) is 19.5. The summed E-state index contributed by atoms with van der Waals surface area (Å²) in [4.78, 5) is 28.1. The van der Waals surface area contributed by atoms with Gasteiger partial charge in [-0.25, -0.2) is 15.0 Å². The van der Waals surface area contributed by atoms with Crippen LogP contribution in [0.25, 0.3) is 10.9 Å². The number of nitro benzene ring substituents is 1. The number of nitro groups is 1. The van der Waals surface area contributed by atoms with Gasteiger partial charge in [-0.2, -0.15) is 5.26 Å². The summed E-state index contributed by atoms with van der Waals surface area (Å²) in [6.45, 7) is 5.09. The van der Waals surface area contributed by atoms with Crippen molar-refractivity contribution in [1.29, 1.82) is 5.26 Å². The third-order valence-corrected chi connectivity index (χ3v) is 5.06. The van der Waals surface area contributed by atoms with Crippen LogP contribution >= 0.6 is 0 Å². The Bertz CT molecular complexity index is 1090. The molecule has 4 rings (SSSR count). The van der Waals surface area contributed by atoms with Crippen LogP contribution in [0.5, 0.6) is 0 Å². The molecule has 0 bridgehead atoms. The number of aromatic nitrogens is 3. The number of piperazine rings is 1. The molecule has 1 aliphatic rings. The lowest BCUT2D eigenvalue weighted by Gasteiger charge is -2.34. The van der Waals surface area contributed by atoms with E-state index in [9.17, 15) is 15.4 Å². The topological polar surface area (TPSA) is 124 Å². The van der Waals surface area contributed by atoms with Gasteiger partial charge in [-0.3, -0.25) is 15.0 Å².